The van der Waals surface area contributed by atoms with Gasteiger partial charge in [0, 0.05) is 27.0 Å². The van der Waals surface area contributed by atoms with Gasteiger partial charge in [0.1, 0.15) is 5.82 Å². The molecule has 0 radical (unpaired) electrons. The lowest BCUT2D eigenvalue weighted by Crippen LogP contribution is -2.32. The number of nitro benzene ring substituents is 1. The van der Waals surface area contributed by atoms with Gasteiger partial charge in [-0.2, -0.15) is 0 Å². The molecule has 3 aromatic rings. The standard InChI is InChI=1S/C23H25IN6O4S/c1-12(2)19(26-22(32)15-6-5-7-17(10-15)30(33)34)21-27-23(29-28-21)35-11-18(31)25-20-13(3)8-16(24)9-14(20)4/h5-10,12,19H,11H2,1-4H3,(H,25,31)(H,26,32)(H,27,28,29)/t19-/m0/s1. The summed E-state index contributed by atoms with van der Waals surface area (Å²) in [6.07, 6.45) is 0. The normalized spacial score (nSPS) is 11.8. The number of aromatic amines is 1. The third kappa shape index (κ3) is 7.01. The van der Waals surface area contributed by atoms with Crippen molar-refractivity contribution in [1.82, 2.24) is 20.5 Å². The number of anilines is 1. The first-order valence-electron chi connectivity index (χ1n) is 10.7. The van der Waals surface area contributed by atoms with Crippen LogP contribution in [0.1, 0.15) is 47.2 Å². The van der Waals surface area contributed by atoms with E-state index >= 15 is 0 Å². The lowest BCUT2D eigenvalue weighted by molar-refractivity contribution is -0.384. The van der Waals surface area contributed by atoms with Crippen LogP contribution < -0.4 is 10.6 Å². The SMILES string of the molecule is Cc1cc(I)cc(C)c1NC(=O)CSc1n[nH]c([C@@H](NC(=O)c2cccc([N+](=O)[O-])c2)C(C)C)n1. The number of rotatable bonds is 9. The van der Waals surface area contributed by atoms with E-state index in [4.69, 9.17) is 0 Å². The summed E-state index contributed by atoms with van der Waals surface area (Å²) >= 11 is 3.42. The Labute approximate surface area is 220 Å². The fraction of sp³-hybridized carbons (Fsp3) is 0.304. The van der Waals surface area contributed by atoms with E-state index in [1.54, 1.807) is 0 Å². The van der Waals surface area contributed by atoms with E-state index in [9.17, 15) is 19.7 Å². The largest absolute Gasteiger partial charge is 0.342 e. The number of carbonyl (C=O) groups is 2. The zero-order valence-electron chi connectivity index (χ0n) is 19.6. The number of aryl methyl sites for hydroxylation is 2. The van der Waals surface area contributed by atoms with E-state index < -0.39 is 16.9 Å². The molecule has 3 N–H and O–H groups in total. The fourth-order valence-corrected chi connectivity index (χ4v) is 4.95. The van der Waals surface area contributed by atoms with Crippen LogP contribution in [0.25, 0.3) is 0 Å². The monoisotopic (exact) mass is 608 g/mol. The van der Waals surface area contributed by atoms with Crippen LogP contribution in [-0.2, 0) is 4.79 Å². The van der Waals surface area contributed by atoms with Gasteiger partial charge in [-0.25, -0.2) is 4.98 Å². The molecule has 0 aliphatic rings. The molecule has 0 aliphatic carbocycles. The minimum absolute atomic E-state index is 0.0430. The van der Waals surface area contributed by atoms with Crippen molar-refractivity contribution in [2.24, 2.45) is 5.92 Å². The Morgan fingerprint density at radius 1 is 1.20 bits per heavy atom. The molecular weight excluding hydrogens is 583 g/mol. The number of nitrogens with zero attached hydrogens (tertiary/aromatic N) is 3. The molecule has 2 aromatic carbocycles. The average Bonchev–Trinajstić information content (AvgIpc) is 3.26. The van der Waals surface area contributed by atoms with E-state index in [2.05, 4.69) is 48.4 Å². The van der Waals surface area contributed by atoms with E-state index in [1.165, 1.54) is 36.0 Å². The molecule has 0 spiro atoms. The van der Waals surface area contributed by atoms with Crippen LogP contribution in [0.2, 0.25) is 0 Å². The van der Waals surface area contributed by atoms with Gasteiger partial charge in [0.15, 0.2) is 0 Å². The van der Waals surface area contributed by atoms with Gasteiger partial charge < -0.3 is 10.6 Å². The molecule has 35 heavy (non-hydrogen) atoms. The molecule has 10 nitrogen and oxygen atoms in total. The number of aromatic nitrogens is 3. The zero-order chi connectivity index (χ0) is 25.7. The summed E-state index contributed by atoms with van der Waals surface area (Å²) in [6, 6.07) is 9.03. The third-order valence-electron chi connectivity index (χ3n) is 5.14. The predicted molar refractivity (Wildman–Crippen MR) is 143 cm³/mol. The van der Waals surface area contributed by atoms with Gasteiger partial charge in [0.25, 0.3) is 11.6 Å². The Morgan fingerprint density at radius 3 is 2.51 bits per heavy atom. The lowest BCUT2D eigenvalue weighted by Gasteiger charge is -2.19. The Hall–Kier alpha value is -3.00. The second-order valence-electron chi connectivity index (χ2n) is 8.26. The number of halogens is 1. The molecule has 3 rings (SSSR count). The summed E-state index contributed by atoms with van der Waals surface area (Å²) < 4.78 is 1.11. The fourth-order valence-electron chi connectivity index (χ4n) is 3.41. The molecule has 12 heteroatoms. The Kier molecular flexibility index (Phi) is 8.83. The van der Waals surface area contributed by atoms with Gasteiger partial charge in [-0.05, 0) is 71.7 Å². The molecular formula is C23H25IN6O4S. The van der Waals surface area contributed by atoms with Crippen molar-refractivity contribution in [3.05, 3.63) is 72.6 Å². The zero-order valence-corrected chi connectivity index (χ0v) is 22.6. The predicted octanol–water partition coefficient (Wildman–Crippen LogP) is 4.79. The van der Waals surface area contributed by atoms with Crippen molar-refractivity contribution in [3.8, 4) is 0 Å². The first-order valence-corrected chi connectivity index (χ1v) is 12.8. The Balaban J connectivity index is 1.64. The second-order valence-corrected chi connectivity index (χ2v) is 10.4. The maximum Gasteiger partial charge on any atom is 0.270 e. The molecule has 0 saturated carbocycles. The van der Waals surface area contributed by atoms with Crippen LogP contribution in [0.4, 0.5) is 11.4 Å². The first-order chi connectivity index (χ1) is 16.5. The number of benzene rings is 2. The van der Waals surface area contributed by atoms with Crippen molar-refractivity contribution in [2.75, 3.05) is 11.1 Å². The number of nitro groups is 1. The summed E-state index contributed by atoms with van der Waals surface area (Å²) in [5.41, 5.74) is 2.80. The van der Waals surface area contributed by atoms with Crippen molar-refractivity contribution in [2.45, 2.75) is 38.9 Å². The maximum absolute atomic E-state index is 12.7. The molecule has 0 aliphatic heterocycles. The minimum Gasteiger partial charge on any atom is -0.342 e. The molecule has 0 unspecified atom stereocenters. The number of thioether (sulfide) groups is 1. The molecule has 1 heterocycles. The van der Waals surface area contributed by atoms with Crippen molar-refractivity contribution in [3.63, 3.8) is 0 Å². The summed E-state index contributed by atoms with van der Waals surface area (Å²) in [6.45, 7) is 7.72. The Bertz CT molecular complexity index is 1240. The van der Waals surface area contributed by atoms with Crippen LogP contribution in [0.5, 0.6) is 0 Å². The van der Waals surface area contributed by atoms with E-state index in [-0.39, 0.29) is 28.8 Å². The van der Waals surface area contributed by atoms with Gasteiger partial charge >= 0.3 is 0 Å². The maximum atomic E-state index is 12.7. The summed E-state index contributed by atoms with van der Waals surface area (Å²) in [7, 11) is 0. The number of nitrogens with one attached hydrogen (secondary N) is 3. The van der Waals surface area contributed by atoms with Crippen LogP contribution in [0, 0.1) is 33.4 Å². The highest BCUT2D eigenvalue weighted by molar-refractivity contribution is 14.1. The molecule has 1 aromatic heterocycles. The third-order valence-corrected chi connectivity index (χ3v) is 6.61. The molecule has 0 fully saturated rings. The summed E-state index contributed by atoms with van der Waals surface area (Å²) in [5.74, 6) is -0.118. The summed E-state index contributed by atoms with van der Waals surface area (Å²) in [4.78, 5) is 40.1. The highest BCUT2D eigenvalue weighted by Crippen LogP contribution is 2.25. The smallest absolute Gasteiger partial charge is 0.270 e. The van der Waals surface area contributed by atoms with Crippen LogP contribution >= 0.6 is 34.4 Å². The topological polar surface area (TPSA) is 143 Å². The number of H-pyrrole nitrogens is 1. The number of hydrogen-bond acceptors (Lipinski definition) is 7. The number of hydrogen-bond donors (Lipinski definition) is 3. The molecule has 1 atom stereocenters. The number of non-ortho nitro benzene ring substituents is 1. The molecule has 2 amide bonds. The van der Waals surface area contributed by atoms with Gasteiger partial charge in [0.05, 0.1) is 16.7 Å². The molecule has 0 bridgehead atoms. The van der Waals surface area contributed by atoms with Crippen molar-refractivity contribution >= 4 is 57.5 Å². The molecule has 184 valence electrons. The van der Waals surface area contributed by atoms with E-state index in [0.29, 0.717) is 11.0 Å². The lowest BCUT2D eigenvalue weighted by atomic mass is 10.0. The van der Waals surface area contributed by atoms with Crippen LogP contribution in [0.3, 0.4) is 0 Å². The van der Waals surface area contributed by atoms with Crippen molar-refractivity contribution in [1.29, 1.82) is 0 Å². The minimum atomic E-state index is -0.548. The van der Waals surface area contributed by atoms with E-state index in [1.807, 2.05) is 39.8 Å². The quantitative estimate of drug-likeness (QED) is 0.137. The number of amides is 2. The highest BCUT2D eigenvalue weighted by atomic mass is 127. The Morgan fingerprint density at radius 2 is 1.89 bits per heavy atom. The molecule has 0 saturated heterocycles. The van der Waals surface area contributed by atoms with E-state index in [0.717, 1.165) is 20.4 Å². The second kappa shape index (κ2) is 11.6. The van der Waals surface area contributed by atoms with Crippen molar-refractivity contribution < 1.29 is 14.5 Å². The summed E-state index contributed by atoms with van der Waals surface area (Å²) in [5, 5.41) is 24.2. The van der Waals surface area contributed by atoms with Gasteiger partial charge in [-0.3, -0.25) is 24.8 Å². The number of carbonyl (C=O) groups excluding carboxylic acids is 2. The van der Waals surface area contributed by atoms with Gasteiger partial charge in [0.2, 0.25) is 11.1 Å². The average molecular weight is 608 g/mol. The van der Waals surface area contributed by atoms with Crippen LogP contribution in [0.15, 0.2) is 41.6 Å². The first kappa shape index (κ1) is 26.6. The highest BCUT2D eigenvalue weighted by Gasteiger charge is 2.24. The van der Waals surface area contributed by atoms with Gasteiger partial charge in [-0.1, -0.05) is 31.7 Å². The van der Waals surface area contributed by atoms with Crippen LogP contribution in [-0.4, -0.2) is 37.7 Å². The van der Waals surface area contributed by atoms with Gasteiger partial charge in [-0.15, -0.1) is 5.10 Å².